The van der Waals surface area contributed by atoms with Crippen LogP contribution in [-0.4, -0.2) is 15.9 Å². The third-order valence-electron chi connectivity index (χ3n) is 3.38. The Hall–Kier alpha value is -2.17. The first-order valence-electron chi connectivity index (χ1n) is 6.31. The van der Waals surface area contributed by atoms with E-state index in [9.17, 15) is 9.59 Å². The fourth-order valence-electron chi connectivity index (χ4n) is 2.50. The summed E-state index contributed by atoms with van der Waals surface area (Å²) in [7, 11) is 0. The third-order valence-corrected chi connectivity index (χ3v) is 3.38. The number of H-pyrrole nitrogens is 1. The minimum Gasteiger partial charge on any atom is -0.458 e. The molecule has 0 saturated heterocycles. The van der Waals surface area contributed by atoms with Gasteiger partial charge in [0.2, 0.25) is 0 Å². The molecule has 0 unspecified atom stereocenters. The van der Waals surface area contributed by atoms with Crippen LogP contribution in [0.15, 0.2) is 16.9 Å². The lowest BCUT2D eigenvalue weighted by Gasteiger charge is -2.05. The SMILES string of the molecule is CC(=O)OCc1nc2cc3c(cc2c(=O)[nH]1)CCC3. The van der Waals surface area contributed by atoms with Crippen LogP contribution in [0.2, 0.25) is 0 Å². The number of hydrogen-bond donors (Lipinski definition) is 1. The zero-order valence-electron chi connectivity index (χ0n) is 10.7. The van der Waals surface area contributed by atoms with Gasteiger partial charge in [-0.25, -0.2) is 4.98 Å². The van der Waals surface area contributed by atoms with Crippen LogP contribution in [0.5, 0.6) is 0 Å². The van der Waals surface area contributed by atoms with Crippen molar-refractivity contribution in [2.24, 2.45) is 0 Å². The Bertz CT molecular complexity index is 718. The molecule has 98 valence electrons. The predicted molar refractivity (Wildman–Crippen MR) is 69.9 cm³/mol. The van der Waals surface area contributed by atoms with Gasteiger partial charge in [0, 0.05) is 6.92 Å². The van der Waals surface area contributed by atoms with Gasteiger partial charge in [0.05, 0.1) is 10.9 Å². The summed E-state index contributed by atoms with van der Waals surface area (Å²) in [6.07, 6.45) is 3.20. The highest BCUT2D eigenvalue weighted by Gasteiger charge is 2.14. The molecule has 0 fully saturated rings. The number of fused-ring (bicyclic) bond motifs is 2. The van der Waals surface area contributed by atoms with E-state index >= 15 is 0 Å². The molecule has 0 radical (unpaired) electrons. The van der Waals surface area contributed by atoms with Crippen molar-refractivity contribution in [3.8, 4) is 0 Å². The van der Waals surface area contributed by atoms with Crippen molar-refractivity contribution < 1.29 is 9.53 Å². The van der Waals surface area contributed by atoms with E-state index in [1.165, 1.54) is 18.1 Å². The number of hydrogen-bond acceptors (Lipinski definition) is 4. The summed E-state index contributed by atoms with van der Waals surface area (Å²) in [4.78, 5) is 29.8. The van der Waals surface area contributed by atoms with Gasteiger partial charge in [-0.15, -0.1) is 0 Å². The third kappa shape index (κ3) is 2.23. The smallest absolute Gasteiger partial charge is 0.303 e. The van der Waals surface area contributed by atoms with E-state index in [1.54, 1.807) is 0 Å². The Balaban J connectivity index is 2.07. The van der Waals surface area contributed by atoms with Crippen LogP contribution in [0.1, 0.15) is 30.3 Å². The molecule has 1 aliphatic rings. The van der Waals surface area contributed by atoms with Crippen LogP contribution >= 0.6 is 0 Å². The number of aryl methyl sites for hydroxylation is 2. The minimum atomic E-state index is -0.392. The van der Waals surface area contributed by atoms with E-state index in [2.05, 4.69) is 9.97 Å². The number of aromatic nitrogens is 2. The predicted octanol–water partition coefficient (Wildman–Crippen LogP) is 1.47. The van der Waals surface area contributed by atoms with E-state index in [4.69, 9.17) is 4.74 Å². The van der Waals surface area contributed by atoms with Crippen LogP contribution in [-0.2, 0) is 29.0 Å². The standard InChI is InChI=1S/C14H14N2O3/c1-8(17)19-7-13-15-12-6-10-4-2-3-9(10)5-11(12)14(18)16-13/h5-6H,2-4,7H2,1H3,(H,15,16,18). The molecular formula is C14H14N2O3. The molecular weight excluding hydrogens is 244 g/mol. The van der Waals surface area contributed by atoms with Crippen LogP contribution in [0.4, 0.5) is 0 Å². The Labute approximate surface area is 109 Å². The van der Waals surface area contributed by atoms with E-state index in [-0.39, 0.29) is 12.2 Å². The maximum atomic E-state index is 12.0. The molecule has 0 amide bonds. The van der Waals surface area contributed by atoms with Gasteiger partial charge in [0.25, 0.3) is 5.56 Å². The number of carbonyl (C=O) groups excluding carboxylic acids is 1. The zero-order chi connectivity index (χ0) is 13.4. The molecule has 2 aromatic rings. The number of nitrogens with zero attached hydrogens (tertiary/aromatic N) is 1. The van der Waals surface area contributed by atoms with Crippen molar-refractivity contribution in [3.05, 3.63) is 39.4 Å². The molecule has 1 N–H and O–H groups in total. The quantitative estimate of drug-likeness (QED) is 0.828. The van der Waals surface area contributed by atoms with Crippen molar-refractivity contribution in [1.29, 1.82) is 0 Å². The fraction of sp³-hybridized carbons (Fsp3) is 0.357. The molecule has 19 heavy (non-hydrogen) atoms. The Kier molecular flexibility index (Phi) is 2.81. The molecule has 3 rings (SSSR count). The Morgan fingerprint density at radius 2 is 2.11 bits per heavy atom. The molecule has 0 atom stereocenters. The van der Waals surface area contributed by atoms with Crippen molar-refractivity contribution in [2.45, 2.75) is 32.8 Å². The van der Waals surface area contributed by atoms with E-state index in [0.29, 0.717) is 16.7 Å². The molecule has 0 aliphatic heterocycles. The summed E-state index contributed by atoms with van der Waals surface area (Å²) in [5, 5.41) is 0.604. The lowest BCUT2D eigenvalue weighted by molar-refractivity contribution is -0.142. The average Bonchev–Trinajstić information content (AvgIpc) is 2.81. The lowest BCUT2D eigenvalue weighted by Crippen LogP contribution is -2.14. The summed E-state index contributed by atoms with van der Waals surface area (Å²) in [5.74, 6) is -0.0117. The summed E-state index contributed by atoms with van der Waals surface area (Å²) >= 11 is 0. The zero-order valence-corrected chi connectivity index (χ0v) is 10.7. The number of ether oxygens (including phenoxy) is 1. The fourth-order valence-corrected chi connectivity index (χ4v) is 2.50. The van der Waals surface area contributed by atoms with Gasteiger partial charge >= 0.3 is 5.97 Å². The molecule has 1 aromatic carbocycles. The highest BCUT2D eigenvalue weighted by Crippen LogP contribution is 2.25. The number of rotatable bonds is 2. The topological polar surface area (TPSA) is 72.0 Å². The van der Waals surface area contributed by atoms with Gasteiger partial charge in [-0.05, 0) is 42.5 Å². The first-order chi connectivity index (χ1) is 9.13. The molecule has 5 nitrogen and oxygen atoms in total. The van der Waals surface area contributed by atoms with Gasteiger partial charge in [-0.2, -0.15) is 0 Å². The van der Waals surface area contributed by atoms with Gasteiger partial charge in [-0.1, -0.05) is 0 Å². The van der Waals surface area contributed by atoms with Crippen LogP contribution in [0.3, 0.4) is 0 Å². The number of esters is 1. The second kappa shape index (κ2) is 4.50. The first kappa shape index (κ1) is 11.9. The van der Waals surface area contributed by atoms with Crippen LogP contribution < -0.4 is 5.56 Å². The highest BCUT2D eigenvalue weighted by molar-refractivity contribution is 5.79. The molecule has 1 heterocycles. The highest BCUT2D eigenvalue weighted by atomic mass is 16.5. The summed E-state index contributed by atoms with van der Waals surface area (Å²) < 4.78 is 4.85. The monoisotopic (exact) mass is 258 g/mol. The van der Waals surface area contributed by atoms with E-state index in [0.717, 1.165) is 19.3 Å². The summed E-state index contributed by atoms with van der Waals surface area (Å²) in [6.45, 7) is 1.32. The first-order valence-corrected chi connectivity index (χ1v) is 6.31. The van der Waals surface area contributed by atoms with Gasteiger partial charge in [0.1, 0.15) is 12.4 Å². The Morgan fingerprint density at radius 3 is 2.84 bits per heavy atom. The number of benzene rings is 1. The Morgan fingerprint density at radius 1 is 1.37 bits per heavy atom. The molecule has 5 heteroatoms. The van der Waals surface area contributed by atoms with E-state index in [1.807, 2.05) is 12.1 Å². The molecule has 1 aromatic heterocycles. The average molecular weight is 258 g/mol. The normalized spacial score (nSPS) is 13.5. The van der Waals surface area contributed by atoms with Crippen LogP contribution in [0, 0.1) is 0 Å². The second-order valence-corrected chi connectivity index (χ2v) is 4.78. The number of aromatic amines is 1. The maximum absolute atomic E-state index is 12.0. The van der Waals surface area contributed by atoms with Gasteiger partial charge in [-0.3, -0.25) is 9.59 Å². The van der Waals surface area contributed by atoms with Crippen LogP contribution in [0.25, 0.3) is 10.9 Å². The second-order valence-electron chi connectivity index (χ2n) is 4.78. The summed E-state index contributed by atoms with van der Waals surface area (Å²) in [6, 6.07) is 3.91. The summed E-state index contributed by atoms with van der Waals surface area (Å²) in [5.41, 5.74) is 3.00. The molecule has 0 bridgehead atoms. The van der Waals surface area contributed by atoms with E-state index < -0.39 is 5.97 Å². The van der Waals surface area contributed by atoms with Crippen molar-refractivity contribution in [3.63, 3.8) is 0 Å². The minimum absolute atomic E-state index is 0.00238. The van der Waals surface area contributed by atoms with Crippen molar-refractivity contribution in [1.82, 2.24) is 9.97 Å². The van der Waals surface area contributed by atoms with Gasteiger partial charge < -0.3 is 9.72 Å². The van der Waals surface area contributed by atoms with Crippen molar-refractivity contribution >= 4 is 16.9 Å². The molecule has 0 saturated carbocycles. The van der Waals surface area contributed by atoms with Gasteiger partial charge in [0.15, 0.2) is 0 Å². The molecule has 0 spiro atoms. The molecule has 1 aliphatic carbocycles. The number of carbonyl (C=O) groups is 1. The largest absolute Gasteiger partial charge is 0.458 e. The number of nitrogens with one attached hydrogen (secondary N) is 1. The lowest BCUT2D eigenvalue weighted by atomic mass is 10.1. The van der Waals surface area contributed by atoms with Crippen molar-refractivity contribution in [2.75, 3.05) is 0 Å². The maximum Gasteiger partial charge on any atom is 0.303 e.